The lowest BCUT2D eigenvalue weighted by atomic mass is 10.4. The summed E-state index contributed by atoms with van der Waals surface area (Å²) in [5.41, 5.74) is 0. The van der Waals surface area contributed by atoms with Crippen molar-refractivity contribution in [1.82, 2.24) is 5.32 Å². The zero-order chi connectivity index (χ0) is 8.74. The van der Waals surface area contributed by atoms with Crippen molar-refractivity contribution in [2.24, 2.45) is 0 Å². The largest absolute Gasteiger partial charge is 0.496 e. The maximum Gasteiger partial charge on any atom is 0.496 e. The van der Waals surface area contributed by atoms with Crippen LogP contribution in [-0.4, -0.2) is 28.1 Å². The molecule has 0 aromatic heterocycles. The van der Waals surface area contributed by atoms with Crippen LogP contribution < -0.4 is 5.32 Å². The van der Waals surface area contributed by atoms with Crippen LogP contribution in [-0.2, 0) is 9.24 Å². The number of nitrogens with one attached hydrogen (secondary N) is 1. The van der Waals surface area contributed by atoms with Crippen molar-refractivity contribution in [3.05, 3.63) is 0 Å². The highest BCUT2D eigenvalue weighted by Gasteiger charge is 2.10. The van der Waals surface area contributed by atoms with Gasteiger partial charge in [-0.1, -0.05) is 0 Å². The van der Waals surface area contributed by atoms with E-state index in [1.165, 1.54) is 25.9 Å². The molecule has 0 aromatic carbocycles. The third-order valence-electron chi connectivity index (χ3n) is 1.06. The van der Waals surface area contributed by atoms with E-state index in [-0.39, 0.29) is 0 Å². The van der Waals surface area contributed by atoms with Gasteiger partial charge in [0, 0.05) is 0 Å². The lowest BCUT2D eigenvalue weighted by molar-refractivity contribution is -0.158. The SMILES string of the molecule is C1CCNC1.O=P(O)(O)OO. The Labute approximate surface area is 64.4 Å². The van der Waals surface area contributed by atoms with Gasteiger partial charge in [0.25, 0.3) is 0 Å². The first-order valence-electron chi connectivity index (χ1n) is 3.15. The number of phosphoric acid groups is 1. The van der Waals surface area contributed by atoms with Gasteiger partial charge < -0.3 is 15.1 Å². The molecular formula is C4H12NO5P. The van der Waals surface area contributed by atoms with E-state index in [2.05, 4.69) is 9.99 Å². The van der Waals surface area contributed by atoms with Gasteiger partial charge in [-0.15, -0.1) is 4.67 Å². The lowest BCUT2D eigenvalue weighted by Crippen LogP contribution is -2.03. The Bertz CT molecular complexity index is 123. The smallest absolute Gasteiger partial charge is 0.317 e. The van der Waals surface area contributed by atoms with Crippen LogP contribution in [0.25, 0.3) is 0 Å². The monoisotopic (exact) mass is 185 g/mol. The molecular weight excluding hydrogens is 173 g/mol. The molecule has 6 nitrogen and oxygen atoms in total. The van der Waals surface area contributed by atoms with Crippen molar-refractivity contribution in [3.63, 3.8) is 0 Å². The molecule has 1 heterocycles. The average Bonchev–Trinajstić information content (AvgIpc) is 2.41. The molecule has 1 fully saturated rings. The third-order valence-corrected chi connectivity index (χ3v) is 1.28. The molecule has 0 aliphatic carbocycles. The standard InChI is InChI=1S/C4H9N.H3O5P/c1-2-4-5-3-1;1-5-6(2,3)4/h5H,1-4H2;1H,(H2,2,3,4). The van der Waals surface area contributed by atoms with E-state index in [1.807, 2.05) is 0 Å². The quantitative estimate of drug-likeness (QED) is 0.259. The zero-order valence-electron chi connectivity index (χ0n) is 5.93. The third kappa shape index (κ3) is 10.0. The molecule has 68 valence electrons. The molecule has 0 spiro atoms. The molecule has 1 saturated heterocycles. The van der Waals surface area contributed by atoms with Gasteiger partial charge in [-0.3, -0.25) is 0 Å². The molecule has 1 rings (SSSR count). The van der Waals surface area contributed by atoms with E-state index < -0.39 is 7.82 Å². The molecule has 0 radical (unpaired) electrons. The van der Waals surface area contributed by atoms with Gasteiger partial charge in [0.2, 0.25) is 0 Å². The number of hydrogen-bond donors (Lipinski definition) is 4. The van der Waals surface area contributed by atoms with Crippen LogP contribution in [0, 0.1) is 0 Å². The molecule has 1 aliphatic rings. The fourth-order valence-electron chi connectivity index (χ4n) is 0.625. The van der Waals surface area contributed by atoms with Crippen molar-refractivity contribution in [3.8, 4) is 0 Å². The highest BCUT2D eigenvalue weighted by Crippen LogP contribution is 2.33. The predicted octanol–water partition coefficient (Wildman–Crippen LogP) is -0.0615. The second-order valence-electron chi connectivity index (χ2n) is 2.03. The summed E-state index contributed by atoms with van der Waals surface area (Å²) in [7, 11) is -4.59. The Kier molecular flexibility index (Phi) is 5.67. The van der Waals surface area contributed by atoms with E-state index in [9.17, 15) is 4.57 Å². The minimum Gasteiger partial charge on any atom is -0.317 e. The van der Waals surface area contributed by atoms with Crippen molar-refractivity contribution in [1.29, 1.82) is 0 Å². The van der Waals surface area contributed by atoms with Gasteiger partial charge in [0.1, 0.15) is 0 Å². The fraction of sp³-hybridized carbons (Fsp3) is 1.00. The minimum atomic E-state index is -4.59. The molecule has 0 saturated carbocycles. The average molecular weight is 185 g/mol. The Balaban J connectivity index is 0.000000183. The summed E-state index contributed by atoms with van der Waals surface area (Å²) in [5.74, 6) is 0. The molecule has 4 N–H and O–H groups in total. The van der Waals surface area contributed by atoms with Crippen LogP contribution in [0.2, 0.25) is 0 Å². The molecule has 0 unspecified atom stereocenters. The second kappa shape index (κ2) is 5.65. The molecule has 7 heteroatoms. The van der Waals surface area contributed by atoms with Crippen LogP contribution in [0.1, 0.15) is 12.8 Å². The molecule has 0 aromatic rings. The summed E-state index contributed by atoms with van der Waals surface area (Å²) in [4.78, 5) is 14.9. The summed E-state index contributed by atoms with van der Waals surface area (Å²) < 4.78 is 11.8. The lowest BCUT2D eigenvalue weighted by Gasteiger charge is -1.90. The molecule has 0 amide bonds. The van der Waals surface area contributed by atoms with Crippen molar-refractivity contribution in [2.75, 3.05) is 13.1 Å². The highest BCUT2D eigenvalue weighted by molar-refractivity contribution is 7.46. The molecule has 1 aliphatic heterocycles. The Morgan fingerprint density at radius 3 is 1.73 bits per heavy atom. The van der Waals surface area contributed by atoms with E-state index in [0.717, 1.165) is 0 Å². The normalized spacial score (nSPS) is 17.4. The summed E-state index contributed by atoms with van der Waals surface area (Å²) in [6.45, 7) is 2.50. The second-order valence-corrected chi connectivity index (χ2v) is 3.17. The van der Waals surface area contributed by atoms with Crippen LogP contribution >= 0.6 is 7.82 Å². The topological polar surface area (TPSA) is 99.0 Å². The van der Waals surface area contributed by atoms with Crippen molar-refractivity contribution in [2.45, 2.75) is 12.8 Å². The number of rotatable bonds is 1. The van der Waals surface area contributed by atoms with Crippen molar-refractivity contribution >= 4 is 7.82 Å². The van der Waals surface area contributed by atoms with E-state index in [4.69, 9.17) is 15.0 Å². The van der Waals surface area contributed by atoms with Crippen LogP contribution in [0.15, 0.2) is 0 Å². The minimum absolute atomic E-state index is 1.25. The Morgan fingerprint density at radius 2 is 1.64 bits per heavy atom. The summed E-state index contributed by atoms with van der Waals surface area (Å²) in [5, 5.41) is 10.4. The van der Waals surface area contributed by atoms with Gasteiger partial charge >= 0.3 is 7.82 Å². The molecule has 0 bridgehead atoms. The maximum atomic E-state index is 9.22. The van der Waals surface area contributed by atoms with E-state index in [1.54, 1.807) is 0 Å². The predicted molar refractivity (Wildman–Crippen MR) is 37.9 cm³/mol. The highest BCUT2D eigenvalue weighted by atomic mass is 31.2. The molecule has 11 heavy (non-hydrogen) atoms. The van der Waals surface area contributed by atoms with Crippen LogP contribution in [0.5, 0.6) is 0 Å². The summed E-state index contributed by atoms with van der Waals surface area (Å²) in [6, 6.07) is 0. The Morgan fingerprint density at radius 1 is 1.27 bits per heavy atom. The van der Waals surface area contributed by atoms with Crippen LogP contribution in [0.3, 0.4) is 0 Å². The first-order chi connectivity index (χ1) is 5.06. The molecule has 0 atom stereocenters. The number of hydrogen-bond acceptors (Lipinski definition) is 4. The maximum absolute atomic E-state index is 9.22. The van der Waals surface area contributed by atoms with Gasteiger partial charge in [0.05, 0.1) is 0 Å². The first kappa shape index (κ1) is 11.0. The van der Waals surface area contributed by atoms with E-state index in [0.29, 0.717) is 0 Å². The van der Waals surface area contributed by atoms with Crippen molar-refractivity contribution < 1.29 is 24.3 Å². The summed E-state index contributed by atoms with van der Waals surface area (Å²) in [6.07, 6.45) is 2.78. The van der Waals surface area contributed by atoms with Crippen LogP contribution in [0.4, 0.5) is 0 Å². The van der Waals surface area contributed by atoms with Gasteiger partial charge in [-0.05, 0) is 25.9 Å². The van der Waals surface area contributed by atoms with Gasteiger partial charge in [-0.2, -0.15) is 0 Å². The summed E-state index contributed by atoms with van der Waals surface area (Å²) >= 11 is 0. The van der Waals surface area contributed by atoms with E-state index >= 15 is 0 Å². The zero-order valence-corrected chi connectivity index (χ0v) is 6.83. The van der Waals surface area contributed by atoms with Gasteiger partial charge in [-0.25, -0.2) is 9.82 Å². The first-order valence-corrected chi connectivity index (χ1v) is 4.69. The Hall–Kier alpha value is 0.0300. The fourth-order valence-corrected chi connectivity index (χ4v) is 0.625. The van der Waals surface area contributed by atoms with Gasteiger partial charge in [0.15, 0.2) is 0 Å².